The van der Waals surface area contributed by atoms with Crippen molar-refractivity contribution in [2.75, 3.05) is 75.8 Å². The van der Waals surface area contributed by atoms with Crippen LogP contribution < -0.4 is 30.7 Å². The van der Waals surface area contributed by atoms with Gasteiger partial charge >= 0.3 is 0 Å². The fourth-order valence-corrected chi connectivity index (χ4v) is 6.51. The van der Waals surface area contributed by atoms with Crippen molar-refractivity contribution in [3.63, 3.8) is 0 Å². The number of fused-ring (bicyclic) bond motifs is 2. The summed E-state index contributed by atoms with van der Waals surface area (Å²) in [5.41, 5.74) is 4.41. The maximum absolute atomic E-state index is 13.6. The highest BCUT2D eigenvalue weighted by Crippen LogP contribution is 2.38. The van der Waals surface area contributed by atoms with Crippen LogP contribution in [0.15, 0.2) is 97.4 Å². The van der Waals surface area contributed by atoms with Crippen molar-refractivity contribution < 1.29 is 27.8 Å². The lowest BCUT2D eigenvalue weighted by Crippen LogP contribution is -2.13. The summed E-state index contributed by atoms with van der Waals surface area (Å²) in [7, 11) is 7.62. The van der Waals surface area contributed by atoms with Crippen molar-refractivity contribution in [1.82, 2.24) is 19.8 Å². The van der Waals surface area contributed by atoms with Crippen molar-refractivity contribution in [2.24, 2.45) is 0 Å². The van der Waals surface area contributed by atoms with E-state index in [9.17, 15) is 28.9 Å². The number of aromatic nitrogens is 2. The van der Waals surface area contributed by atoms with Gasteiger partial charge in [-0.15, -0.1) is 0 Å². The number of halogens is 4. The minimum atomic E-state index is -0.545. The molecule has 2 aromatic heterocycles. The molecule has 0 saturated carbocycles. The van der Waals surface area contributed by atoms with Crippen LogP contribution in [0.1, 0.15) is 25.0 Å². The number of anilines is 6. The Morgan fingerprint density at radius 1 is 0.667 bits per heavy atom. The smallest absolute Gasteiger partial charge is 0.248 e. The Kier molecular flexibility index (Phi) is 17.7. The summed E-state index contributed by atoms with van der Waals surface area (Å²) in [5.74, 6) is -0.825. The lowest BCUT2D eigenvalue weighted by atomic mass is 10.1. The number of hydrogen-bond donors (Lipinski definition) is 4. The monoisotopic (exact) mass is 934 g/mol. The van der Waals surface area contributed by atoms with E-state index in [-0.39, 0.29) is 33.0 Å². The van der Waals surface area contributed by atoms with Gasteiger partial charge in [0.15, 0.2) is 0 Å². The van der Waals surface area contributed by atoms with Crippen LogP contribution in [0.4, 0.5) is 42.9 Å². The molecule has 66 heavy (non-hydrogen) atoms. The summed E-state index contributed by atoms with van der Waals surface area (Å²) in [6.07, 6.45) is 9.27. The molecule has 0 radical (unpaired) electrons. The predicted octanol–water partition coefficient (Wildman–Crippen LogP) is 10.2. The van der Waals surface area contributed by atoms with E-state index in [1.54, 1.807) is 36.4 Å². The highest BCUT2D eigenvalue weighted by atomic mass is 35.5. The van der Waals surface area contributed by atoms with Gasteiger partial charge in [-0.3, -0.25) is 19.6 Å². The molecule has 0 atom stereocenters. The van der Waals surface area contributed by atoms with Gasteiger partial charge in [0, 0.05) is 71.9 Å². The highest BCUT2D eigenvalue weighted by molar-refractivity contribution is 6.31. The number of benzene rings is 4. The van der Waals surface area contributed by atoms with Crippen LogP contribution in [0.3, 0.4) is 0 Å². The van der Waals surface area contributed by atoms with E-state index in [2.05, 4.69) is 43.4 Å². The Labute approximate surface area is 391 Å². The first-order chi connectivity index (χ1) is 31.6. The SMILES string of the molecule is CCOc1cc2ncc(C#N)c(Nc3ccc(F)c(Cl)c3)c2cc1NC(=O)/C=C/CN(C)C.CCOc1cc2ncc(C#N)c(Nc3ccc(F)c(Cl)c3)c2cc1NC(=O)/C=C/CN(C)C. The lowest BCUT2D eigenvalue weighted by molar-refractivity contribution is -0.112. The third-order valence-corrected chi connectivity index (χ3v) is 9.73. The summed E-state index contributed by atoms with van der Waals surface area (Å²) in [5, 5.41) is 32.2. The molecule has 6 aromatic rings. The van der Waals surface area contributed by atoms with Gasteiger partial charge in [0.25, 0.3) is 0 Å². The second kappa shape index (κ2) is 23.5. The largest absolute Gasteiger partial charge is 0.492 e. The Morgan fingerprint density at radius 2 is 1.06 bits per heavy atom. The van der Waals surface area contributed by atoms with Gasteiger partial charge in [-0.25, -0.2) is 8.78 Å². The Balaban J connectivity index is 0.000000247. The highest BCUT2D eigenvalue weighted by Gasteiger charge is 2.18. The van der Waals surface area contributed by atoms with Crippen LogP contribution in [-0.2, 0) is 9.59 Å². The van der Waals surface area contributed by atoms with Gasteiger partial charge in [0.1, 0.15) is 35.3 Å². The Morgan fingerprint density at radius 3 is 1.39 bits per heavy atom. The lowest BCUT2D eigenvalue weighted by Gasteiger charge is -2.16. The van der Waals surface area contributed by atoms with E-state index in [0.717, 1.165) is 0 Å². The van der Waals surface area contributed by atoms with Crippen LogP contribution in [0, 0.1) is 34.3 Å². The molecule has 2 heterocycles. The summed E-state index contributed by atoms with van der Waals surface area (Å²) >= 11 is 11.8. The zero-order valence-electron chi connectivity index (χ0n) is 36.9. The number of likely N-dealkylation sites (N-methyl/N-ethyl adjacent to an activating group) is 2. The molecule has 0 spiro atoms. The summed E-state index contributed by atoms with van der Waals surface area (Å²) in [4.78, 5) is 37.5. The molecule has 2 amide bonds. The molecule has 0 unspecified atom stereocenters. The molecule has 6 rings (SSSR count). The van der Waals surface area contributed by atoms with Crippen LogP contribution in [0.2, 0.25) is 10.0 Å². The van der Waals surface area contributed by atoms with Gasteiger partial charge in [0.05, 0.1) is 68.2 Å². The maximum atomic E-state index is 13.6. The van der Waals surface area contributed by atoms with E-state index in [4.69, 9.17) is 32.7 Å². The fourth-order valence-electron chi connectivity index (χ4n) is 6.15. The molecule has 18 heteroatoms. The molecular formula is C48H46Cl2F2N10O4. The number of hydrogen-bond acceptors (Lipinski definition) is 12. The van der Waals surface area contributed by atoms with E-state index in [1.807, 2.05) is 51.8 Å². The molecule has 4 aromatic carbocycles. The van der Waals surface area contributed by atoms with Gasteiger partial charge in [0.2, 0.25) is 11.8 Å². The molecule has 0 bridgehead atoms. The third kappa shape index (κ3) is 13.4. The molecule has 0 saturated heterocycles. The second-order valence-electron chi connectivity index (χ2n) is 14.7. The first-order valence-electron chi connectivity index (χ1n) is 20.3. The van der Waals surface area contributed by atoms with E-state index in [1.165, 1.54) is 60.9 Å². The molecule has 340 valence electrons. The third-order valence-electron chi connectivity index (χ3n) is 9.15. The number of pyridine rings is 2. The van der Waals surface area contributed by atoms with Crippen molar-refractivity contribution in [3.8, 4) is 23.6 Å². The normalized spacial score (nSPS) is 11.1. The van der Waals surface area contributed by atoms with Crippen molar-refractivity contribution in [3.05, 3.63) is 130 Å². The molecular weight excluding hydrogens is 889 g/mol. The fraction of sp³-hybridized carbons (Fsp3) is 0.208. The first kappa shape index (κ1) is 49.7. The number of nitrogens with one attached hydrogen (secondary N) is 4. The molecule has 0 aliphatic rings. The van der Waals surface area contributed by atoms with Crippen molar-refractivity contribution >= 4 is 90.9 Å². The average Bonchev–Trinajstić information content (AvgIpc) is 3.27. The van der Waals surface area contributed by atoms with E-state index in [0.29, 0.717) is 93.7 Å². The van der Waals surface area contributed by atoms with E-state index >= 15 is 0 Å². The van der Waals surface area contributed by atoms with Crippen molar-refractivity contribution in [2.45, 2.75) is 13.8 Å². The summed E-state index contributed by atoms with van der Waals surface area (Å²) in [6, 6.07) is 19.3. The Hall–Kier alpha value is -7.34. The number of carbonyl (C=O) groups is 2. The standard InChI is InChI=1S/2C24H23ClFN5O2/c2*1-4-33-22-12-20-17(11-21(22)30-23(32)6-5-9-31(2)3)24(15(13-27)14-28-20)29-16-7-8-19(26)18(25)10-16/h2*5-8,10-12,14H,4,9H2,1-3H3,(H,28,29)(H,30,32)/b2*6-5+. The minimum absolute atomic E-state index is 0.0482. The number of nitriles is 2. The predicted molar refractivity (Wildman–Crippen MR) is 257 cm³/mol. The number of ether oxygens (including phenoxy) is 2. The number of amides is 2. The van der Waals surface area contributed by atoms with Crippen molar-refractivity contribution in [1.29, 1.82) is 10.5 Å². The van der Waals surface area contributed by atoms with E-state index < -0.39 is 11.6 Å². The quantitative estimate of drug-likeness (QED) is 0.0676. The molecule has 0 aliphatic heterocycles. The summed E-state index contributed by atoms with van der Waals surface area (Å²) in [6.45, 7) is 5.69. The zero-order chi connectivity index (χ0) is 47.9. The number of nitrogens with zero attached hydrogens (tertiary/aromatic N) is 6. The van der Waals surface area contributed by atoms with Crippen LogP contribution >= 0.6 is 23.2 Å². The van der Waals surface area contributed by atoms with Gasteiger partial charge in [-0.1, -0.05) is 35.4 Å². The summed E-state index contributed by atoms with van der Waals surface area (Å²) < 4.78 is 38.6. The molecule has 0 aliphatic carbocycles. The number of rotatable bonds is 16. The first-order valence-corrected chi connectivity index (χ1v) is 21.1. The zero-order valence-corrected chi connectivity index (χ0v) is 38.4. The van der Waals surface area contributed by atoms with Gasteiger partial charge in [-0.05, 0) is 90.6 Å². The minimum Gasteiger partial charge on any atom is -0.492 e. The van der Waals surface area contributed by atoms with Crippen LogP contribution in [-0.4, -0.2) is 86.1 Å². The second-order valence-corrected chi connectivity index (χ2v) is 15.5. The molecule has 4 N–H and O–H groups in total. The van der Waals surface area contributed by atoms with Gasteiger partial charge in [-0.2, -0.15) is 10.5 Å². The van der Waals surface area contributed by atoms with Crippen LogP contribution in [0.5, 0.6) is 11.5 Å². The molecule has 14 nitrogen and oxygen atoms in total. The average molecular weight is 936 g/mol. The Bertz CT molecular complexity index is 2700. The van der Waals surface area contributed by atoms with Crippen LogP contribution in [0.25, 0.3) is 21.8 Å². The molecule has 0 fully saturated rings. The van der Waals surface area contributed by atoms with Gasteiger partial charge < -0.3 is 40.5 Å². The maximum Gasteiger partial charge on any atom is 0.248 e. The topological polar surface area (TPSA) is 181 Å². The number of carbonyl (C=O) groups excluding carboxylic acids is 2.